The highest BCUT2D eigenvalue weighted by molar-refractivity contribution is 7.17. The van der Waals surface area contributed by atoms with Gasteiger partial charge in [0.25, 0.3) is 5.56 Å². The number of carbonyl (C=O) groups excluding carboxylic acids is 2. The number of aryl methyl sites for hydroxylation is 1. The van der Waals surface area contributed by atoms with Crippen LogP contribution in [0.2, 0.25) is 0 Å². The minimum absolute atomic E-state index is 0.195. The number of anilines is 1. The van der Waals surface area contributed by atoms with Crippen molar-refractivity contribution in [1.29, 1.82) is 0 Å². The third kappa shape index (κ3) is 5.45. The van der Waals surface area contributed by atoms with Gasteiger partial charge in [-0.25, -0.2) is 9.78 Å². The second kappa shape index (κ2) is 10.1. The summed E-state index contributed by atoms with van der Waals surface area (Å²) in [5, 5.41) is 4.55. The third-order valence-electron chi connectivity index (χ3n) is 4.92. The van der Waals surface area contributed by atoms with E-state index in [2.05, 4.69) is 15.3 Å². The van der Waals surface area contributed by atoms with Gasteiger partial charge < -0.3 is 19.8 Å². The molecule has 168 valence electrons. The van der Waals surface area contributed by atoms with Crippen molar-refractivity contribution in [3.8, 4) is 5.75 Å². The first-order chi connectivity index (χ1) is 16.0. The molecule has 2 aromatic heterocycles. The zero-order valence-electron chi connectivity index (χ0n) is 17.8. The predicted molar refractivity (Wildman–Crippen MR) is 126 cm³/mol. The lowest BCUT2D eigenvalue weighted by atomic mass is 10.1. The third-order valence-corrected chi connectivity index (χ3v) is 5.83. The Bertz CT molecular complexity index is 1340. The molecule has 0 aliphatic heterocycles. The fourth-order valence-corrected chi connectivity index (χ4v) is 3.96. The average molecular weight is 464 g/mol. The Balaban J connectivity index is 1.37. The van der Waals surface area contributed by atoms with Gasteiger partial charge in [0.1, 0.15) is 22.9 Å². The van der Waals surface area contributed by atoms with Crippen LogP contribution in [0.4, 0.5) is 5.69 Å². The summed E-state index contributed by atoms with van der Waals surface area (Å²) < 4.78 is 11.0. The lowest BCUT2D eigenvalue weighted by Crippen LogP contribution is -2.17. The molecule has 0 aliphatic carbocycles. The van der Waals surface area contributed by atoms with Gasteiger partial charge in [0, 0.05) is 6.42 Å². The SMILES string of the molecule is COc1ccc(CCC(=O)Nc2ccccc2C(=O)OCc2nc3ccsc3c(=O)[nH]2)cc1. The van der Waals surface area contributed by atoms with Gasteiger partial charge in [-0.3, -0.25) is 9.59 Å². The molecule has 33 heavy (non-hydrogen) atoms. The van der Waals surface area contributed by atoms with Crippen molar-refractivity contribution in [2.45, 2.75) is 19.4 Å². The molecule has 2 heterocycles. The number of methoxy groups -OCH3 is 1. The van der Waals surface area contributed by atoms with Gasteiger partial charge >= 0.3 is 5.97 Å². The lowest BCUT2D eigenvalue weighted by molar-refractivity contribution is -0.116. The van der Waals surface area contributed by atoms with Crippen molar-refractivity contribution in [3.05, 3.63) is 87.3 Å². The number of esters is 1. The number of benzene rings is 2. The number of carbonyl (C=O) groups is 2. The van der Waals surface area contributed by atoms with E-state index >= 15 is 0 Å². The van der Waals surface area contributed by atoms with E-state index in [0.29, 0.717) is 22.3 Å². The molecule has 8 nitrogen and oxygen atoms in total. The summed E-state index contributed by atoms with van der Waals surface area (Å²) >= 11 is 1.30. The van der Waals surface area contributed by atoms with Crippen LogP contribution in [0, 0.1) is 0 Å². The molecule has 4 rings (SSSR count). The summed E-state index contributed by atoms with van der Waals surface area (Å²) in [6, 6.07) is 15.8. The number of hydrogen-bond acceptors (Lipinski definition) is 7. The number of hydrogen-bond donors (Lipinski definition) is 2. The number of para-hydroxylation sites is 1. The van der Waals surface area contributed by atoms with Gasteiger partial charge in [0.05, 0.1) is 23.9 Å². The number of nitrogens with one attached hydrogen (secondary N) is 2. The Hall–Kier alpha value is -3.98. The summed E-state index contributed by atoms with van der Waals surface area (Å²) in [6.07, 6.45) is 0.800. The van der Waals surface area contributed by atoms with Crippen molar-refractivity contribution in [2.75, 3.05) is 12.4 Å². The van der Waals surface area contributed by atoms with E-state index < -0.39 is 5.97 Å². The second-order valence-electron chi connectivity index (χ2n) is 7.17. The molecule has 0 saturated heterocycles. The first-order valence-electron chi connectivity index (χ1n) is 10.2. The van der Waals surface area contributed by atoms with Crippen LogP contribution in [0.25, 0.3) is 10.2 Å². The van der Waals surface area contributed by atoms with E-state index in [1.807, 2.05) is 24.3 Å². The van der Waals surface area contributed by atoms with Gasteiger partial charge in [0.2, 0.25) is 5.91 Å². The topological polar surface area (TPSA) is 110 Å². The molecular formula is C24H21N3O5S. The van der Waals surface area contributed by atoms with Crippen molar-refractivity contribution < 1.29 is 19.1 Å². The van der Waals surface area contributed by atoms with Crippen LogP contribution in [0.5, 0.6) is 5.75 Å². The summed E-state index contributed by atoms with van der Waals surface area (Å²) in [6.45, 7) is -0.195. The molecule has 2 N–H and O–H groups in total. The molecule has 0 saturated carbocycles. The largest absolute Gasteiger partial charge is 0.497 e. The summed E-state index contributed by atoms with van der Waals surface area (Å²) in [4.78, 5) is 44.1. The summed E-state index contributed by atoms with van der Waals surface area (Å²) in [7, 11) is 1.60. The second-order valence-corrected chi connectivity index (χ2v) is 8.08. The zero-order valence-corrected chi connectivity index (χ0v) is 18.6. The van der Waals surface area contributed by atoms with Crippen LogP contribution >= 0.6 is 11.3 Å². The van der Waals surface area contributed by atoms with Crippen LogP contribution in [-0.2, 0) is 22.6 Å². The van der Waals surface area contributed by atoms with Gasteiger partial charge in [-0.2, -0.15) is 0 Å². The normalized spacial score (nSPS) is 10.7. The molecule has 0 unspecified atom stereocenters. The highest BCUT2D eigenvalue weighted by atomic mass is 32.1. The highest BCUT2D eigenvalue weighted by Gasteiger charge is 2.16. The van der Waals surface area contributed by atoms with Gasteiger partial charge in [-0.1, -0.05) is 24.3 Å². The Morgan fingerprint density at radius 1 is 1.09 bits per heavy atom. The summed E-state index contributed by atoms with van der Waals surface area (Å²) in [5.41, 5.74) is 1.86. The first-order valence-corrected chi connectivity index (χ1v) is 11.1. The molecule has 0 atom stereocenters. The quantitative estimate of drug-likeness (QED) is 0.383. The molecule has 2 aromatic carbocycles. The monoisotopic (exact) mass is 463 g/mol. The first kappa shape index (κ1) is 22.2. The molecule has 0 fully saturated rings. The molecule has 0 bridgehead atoms. The molecule has 0 spiro atoms. The Morgan fingerprint density at radius 3 is 2.67 bits per heavy atom. The van der Waals surface area contributed by atoms with E-state index in [1.54, 1.807) is 42.8 Å². The van der Waals surface area contributed by atoms with Crippen molar-refractivity contribution >= 4 is 39.1 Å². The maximum atomic E-state index is 12.7. The number of aromatic nitrogens is 2. The molecule has 0 aliphatic rings. The van der Waals surface area contributed by atoms with E-state index in [-0.39, 0.29) is 35.9 Å². The minimum Gasteiger partial charge on any atom is -0.497 e. The number of amides is 1. The molecule has 9 heteroatoms. The maximum Gasteiger partial charge on any atom is 0.340 e. The van der Waals surface area contributed by atoms with Crippen LogP contribution in [0.15, 0.2) is 64.8 Å². The van der Waals surface area contributed by atoms with Crippen LogP contribution in [0.1, 0.15) is 28.2 Å². The average Bonchev–Trinajstić information content (AvgIpc) is 3.31. The minimum atomic E-state index is -0.630. The molecular weight excluding hydrogens is 442 g/mol. The Labute approximate surface area is 193 Å². The number of H-pyrrole nitrogens is 1. The number of aromatic amines is 1. The predicted octanol–water partition coefficient (Wildman–Crippen LogP) is 3.92. The van der Waals surface area contributed by atoms with Crippen LogP contribution in [-0.4, -0.2) is 29.0 Å². The Morgan fingerprint density at radius 2 is 1.88 bits per heavy atom. The number of nitrogens with zero attached hydrogens (tertiary/aromatic N) is 1. The van der Waals surface area contributed by atoms with E-state index in [0.717, 1.165) is 11.3 Å². The highest BCUT2D eigenvalue weighted by Crippen LogP contribution is 2.19. The van der Waals surface area contributed by atoms with Crippen molar-refractivity contribution in [3.63, 3.8) is 0 Å². The van der Waals surface area contributed by atoms with Gasteiger partial charge in [-0.15, -0.1) is 11.3 Å². The van der Waals surface area contributed by atoms with Gasteiger partial charge in [-0.05, 0) is 47.7 Å². The van der Waals surface area contributed by atoms with Gasteiger partial charge in [0.15, 0.2) is 0 Å². The Kier molecular flexibility index (Phi) is 6.80. The van der Waals surface area contributed by atoms with Crippen LogP contribution < -0.4 is 15.6 Å². The molecule has 1 amide bonds. The number of rotatable bonds is 8. The smallest absolute Gasteiger partial charge is 0.340 e. The zero-order chi connectivity index (χ0) is 23.2. The molecule has 4 aromatic rings. The van der Waals surface area contributed by atoms with Crippen molar-refractivity contribution in [2.24, 2.45) is 0 Å². The van der Waals surface area contributed by atoms with E-state index in [1.165, 1.54) is 11.3 Å². The van der Waals surface area contributed by atoms with Crippen molar-refractivity contribution in [1.82, 2.24) is 9.97 Å². The molecule has 0 radical (unpaired) electrons. The van der Waals surface area contributed by atoms with Crippen LogP contribution in [0.3, 0.4) is 0 Å². The lowest BCUT2D eigenvalue weighted by Gasteiger charge is -2.11. The number of fused-ring (bicyclic) bond motifs is 1. The van der Waals surface area contributed by atoms with E-state index in [4.69, 9.17) is 9.47 Å². The summed E-state index contributed by atoms with van der Waals surface area (Å²) in [5.74, 6) is 0.152. The number of ether oxygens (including phenoxy) is 2. The van der Waals surface area contributed by atoms with E-state index in [9.17, 15) is 14.4 Å². The number of thiophene rings is 1. The maximum absolute atomic E-state index is 12.7. The standard InChI is InChI=1S/C24H21N3O5S/c1-31-16-9-6-15(7-10-16)8-11-21(28)26-18-5-3-2-4-17(18)24(30)32-14-20-25-19-12-13-33-22(19)23(29)27-20/h2-7,9-10,12-13H,8,11,14H2,1H3,(H,26,28)(H,25,27,29). The fourth-order valence-electron chi connectivity index (χ4n) is 3.23. The fraction of sp³-hybridized carbons (Fsp3) is 0.167.